The van der Waals surface area contributed by atoms with Gasteiger partial charge in [0.2, 0.25) is 5.91 Å². The molecule has 1 N–H and O–H groups in total. The van der Waals surface area contributed by atoms with Crippen LogP contribution in [0.25, 0.3) is 0 Å². The predicted octanol–water partition coefficient (Wildman–Crippen LogP) is 2.90. The highest BCUT2D eigenvalue weighted by Gasteiger charge is 2.55. The molecule has 2 fully saturated rings. The summed E-state index contributed by atoms with van der Waals surface area (Å²) >= 11 is 0. The zero-order valence-electron chi connectivity index (χ0n) is 20.3. The van der Waals surface area contributed by atoms with Crippen LogP contribution in [-0.4, -0.2) is 78.4 Å². The number of likely N-dealkylation sites (tertiary alicyclic amines) is 1. The molecular formula is C25H37FN4O3. The summed E-state index contributed by atoms with van der Waals surface area (Å²) in [6, 6.07) is 5.69. The molecule has 0 aromatic heterocycles. The Morgan fingerprint density at radius 1 is 1.18 bits per heavy atom. The van der Waals surface area contributed by atoms with Crippen molar-refractivity contribution in [3.05, 3.63) is 35.6 Å². The third kappa shape index (κ3) is 5.91. The molecule has 1 aromatic carbocycles. The molecule has 0 aliphatic carbocycles. The van der Waals surface area contributed by atoms with Crippen LogP contribution in [0.1, 0.15) is 45.1 Å². The molecular weight excluding hydrogens is 423 g/mol. The van der Waals surface area contributed by atoms with E-state index in [0.29, 0.717) is 51.4 Å². The standard InChI is InChI=1S/C25H37FN4O3/c1-18(2)9-12-25(23(32)30(24(33)27-25)16-15-28(3)4)20-10-13-29(14-11-20)22(31)17-19-5-7-21(26)8-6-19/h5-8,18,20H,9-17H2,1-4H3,(H,27,33)/t25-/m1/s1. The maximum Gasteiger partial charge on any atom is 0.325 e. The zero-order chi connectivity index (χ0) is 24.2. The number of urea groups is 1. The summed E-state index contributed by atoms with van der Waals surface area (Å²) in [5, 5.41) is 3.09. The molecule has 0 saturated carbocycles. The maximum absolute atomic E-state index is 13.6. The van der Waals surface area contributed by atoms with Crippen molar-refractivity contribution in [3.8, 4) is 0 Å². The molecule has 0 unspecified atom stereocenters. The van der Waals surface area contributed by atoms with Crippen LogP contribution in [-0.2, 0) is 16.0 Å². The quantitative estimate of drug-likeness (QED) is 0.575. The normalized spacial score (nSPS) is 21.9. The number of rotatable bonds is 9. The van der Waals surface area contributed by atoms with E-state index in [1.54, 1.807) is 12.1 Å². The fourth-order valence-electron chi connectivity index (χ4n) is 4.82. The third-order valence-corrected chi connectivity index (χ3v) is 6.90. The van der Waals surface area contributed by atoms with Crippen LogP contribution in [0.4, 0.5) is 9.18 Å². The molecule has 0 bridgehead atoms. The second-order valence-electron chi connectivity index (χ2n) is 10.1. The van der Waals surface area contributed by atoms with Crippen molar-refractivity contribution in [3.63, 3.8) is 0 Å². The lowest BCUT2D eigenvalue weighted by molar-refractivity contribution is -0.136. The van der Waals surface area contributed by atoms with Crippen LogP contribution < -0.4 is 5.32 Å². The van der Waals surface area contributed by atoms with E-state index in [-0.39, 0.29) is 36.0 Å². The average molecular weight is 461 g/mol. The average Bonchev–Trinajstić information content (AvgIpc) is 3.02. The van der Waals surface area contributed by atoms with Crippen LogP contribution in [0.3, 0.4) is 0 Å². The Bertz CT molecular complexity index is 850. The van der Waals surface area contributed by atoms with Crippen molar-refractivity contribution < 1.29 is 18.8 Å². The van der Waals surface area contributed by atoms with Gasteiger partial charge in [0.1, 0.15) is 11.4 Å². The SMILES string of the molecule is CC(C)CC[C@]1(C2CCN(C(=O)Cc3ccc(F)cc3)CC2)NC(=O)N(CCN(C)C)C1=O. The van der Waals surface area contributed by atoms with Gasteiger partial charge in [0.25, 0.3) is 5.91 Å². The second-order valence-corrected chi connectivity index (χ2v) is 10.1. The summed E-state index contributed by atoms with van der Waals surface area (Å²) in [5.41, 5.74) is -0.105. The first kappa shape index (κ1) is 25.1. The van der Waals surface area contributed by atoms with E-state index >= 15 is 0 Å². The number of imide groups is 1. The third-order valence-electron chi connectivity index (χ3n) is 6.90. The highest BCUT2D eigenvalue weighted by Crippen LogP contribution is 2.38. The van der Waals surface area contributed by atoms with Crippen LogP contribution in [0.2, 0.25) is 0 Å². The van der Waals surface area contributed by atoms with E-state index in [4.69, 9.17) is 0 Å². The van der Waals surface area contributed by atoms with Crippen molar-refractivity contribution >= 4 is 17.8 Å². The summed E-state index contributed by atoms with van der Waals surface area (Å²) in [6.45, 7) is 6.33. The number of halogens is 1. The zero-order valence-corrected chi connectivity index (χ0v) is 20.3. The van der Waals surface area contributed by atoms with Gasteiger partial charge < -0.3 is 15.1 Å². The Morgan fingerprint density at radius 3 is 2.39 bits per heavy atom. The molecule has 7 nitrogen and oxygen atoms in total. The largest absolute Gasteiger partial charge is 0.342 e. The Morgan fingerprint density at radius 2 is 1.82 bits per heavy atom. The van der Waals surface area contributed by atoms with Crippen molar-refractivity contribution in [2.24, 2.45) is 11.8 Å². The first-order valence-electron chi connectivity index (χ1n) is 11.9. The molecule has 3 rings (SSSR count). The number of benzene rings is 1. The Hall–Kier alpha value is -2.48. The molecule has 8 heteroatoms. The van der Waals surface area contributed by atoms with Gasteiger partial charge in [0.05, 0.1) is 6.42 Å². The monoisotopic (exact) mass is 460 g/mol. The van der Waals surface area contributed by atoms with Crippen LogP contribution >= 0.6 is 0 Å². The Balaban J connectivity index is 1.68. The van der Waals surface area contributed by atoms with Crippen molar-refractivity contribution in [2.45, 2.75) is 51.5 Å². The number of carbonyl (C=O) groups excluding carboxylic acids is 3. The topological polar surface area (TPSA) is 73.0 Å². The molecule has 0 spiro atoms. The first-order valence-corrected chi connectivity index (χ1v) is 11.9. The molecule has 1 aromatic rings. The molecule has 2 heterocycles. The predicted molar refractivity (Wildman–Crippen MR) is 125 cm³/mol. The van der Waals surface area contributed by atoms with E-state index in [0.717, 1.165) is 12.0 Å². The molecule has 33 heavy (non-hydrogen) atoms. The number of nitrogens with one attached hydrogen (secondary N) is 1. The number of likely N-dealkylation sites (N-methyl/N-ethyl adjacent to an activating group) is 1. The van der Waals surface area contributed by atoms with Gasteiger partial charge in [0.15, 0.2) is 0 Å². The molecule has 4 amide bonds. The van der Waals surface area contributed by atoms with E-state index < -0.39 is 5.54 Å². The minimum atomic E-state index is -0.889. The Kier molecular flexibility index (Phi) is 8.10. The number of carbonyl (C=O) groups is 3. The van der Waals surface area contributed by atoms with Crippen LogP contribution in [0.15, 0.2) is 24.3 Å². The van der Waals surface area contributed by atoms with Gasteiger partial charge in [-0.3, -0.25) is 14.5 Å². The summed E-state index contributed by atoms with van der Waals surface area (Å²) < 4.78 is 13.1. The minimum Gasteiger partial charge on any atom is -0.342 e. The van der Waals surface area contributed by atoms with E-state index in [2.05, 4.69) is 19.2 Å². The number of hydrogen-bond donors (Lipinski definition) is 1. The highest BCUT2D eigenvalue weighted by molar-refractivity contribution is 6.07. The molecule has 182 valence electrons. The first-order chi connectivity index (χ1) is 15.6. The fourth-order valence-corrected chi connectivity index (χ4v) is 4.82. The fraction of sp³-hybridized carbons (Fsp3) is 0.640. The van der Waals surface area contributed by atoms with E-state index in [1.807, 2.05) is 23.9 Å². The van der Waals surface area contributed by atoms with E-state index in [1.165, 1.54) is 17.0 Å². The number of amides is 4. The summed E-state index contributed by atoms with van der Waals surface area (Å²) in [6.07, 6.45) is 3.03. The van der Waals surface area contributed by atoms with Gasteiger partial charge in [0, 0.05) is 26.2 Å². The molecule has 1 atom stereocenters. The summed E-state index contributed by atoms with van der Waals surface area (Å²) in [4.78, 5) is 44.3. The van der Waals surface area contributed by atoms with Gasteiger partial charge in [-0.1, -0.05) is 26.0 Å². The second kappa shape index (κ2) is 10.6. The number of piperidine rings is 1. The Labute approximate surface area is 196 Å². The smallest absolute Gasteiger partial charge is 0.325 e. The van der Waals surface area contributed by atoms with Gasteiger partial charge >= 0.3 is 6.03 Å². The summed E-state index contributed by atoms with van der Waals surface area (Å²) in [7, 11) is 3.84. The maximum atomic E-state index is 13.6. The molecule has 2 saturated heterocycles. The lowest BCUT2D eigenvalue weighted by atomic mass is 9.73. The molecule has 2 aliphatic heterocycles. The number of hydrogen-bond acceptors (Lipinski definition) is 4. The molecule has 2 aliphatic rings. The van der Waals surface area contributed by atoms with Gasteiger partial charge in [-0.15, -0.1) is 0 Å². The molecule has 0 radical (unpaired) electrons. The van der Waals surface area contributed by atoms with E-state index in [9.17, 15) is 18.8 Å². The van der Waals surface area contributed by atoms with Crippen LogP contribution in [0.5, 0.6) is 0 Å². The number of nitrogens with zero attached hydrogens (tertiary/aromatic N) is 3. The van der Waals surface area contributed by atoms with Crippen molar-refractivity contribution in [1.82, 2.24) is 20.0 Å². The van der Waals surface area contributed by atoms with Crippen molar-refractivity contribution in [1.29, 1.82) is 0 Å². The van der Waals surface area contributed by atoms with Gasteiger partial charge in [-0.05, 0) is 69.3 Å². The van der Waals surface area contributed by atoms with Gasteiger partial charge in [-0.2, -0.15) is 0 Å². The summed E-state index contributed by atoms with van der Waals surface area (Å²) in [5.74, 6) is -0.0231. The van der Waals surface area contributed by atoms with Gasteiger partial charge in [-0.25, -0.2) is 9.18 Å². The lowest BCUT2D eigenvalue weighted by Crippen LogP contribution is -2.57. The highest BCUT2D eigenvalue weighted by atomic mass is 19.1. The lowest BCUT2D eigenvalue weighted by Gasteiger charge is -2.41. The minimum absolute atomic E-state index is 0.00526. The van der Waals surface area contributed by atoms with Crippen molar-refractivity contribution in [2.75, 3.05) is 40.3 Å². The van der Waals surface area contributed by atoms with Crippen LogP contribution in [0, 0.1) is 17.7 Å².